The van der Waals surface area contributed by atoms with E-state index in [-0.39, 0.29) is 6.10 Å². The van der Waals surface area contributed by atoms with E-state index in [4.69, 9.17) is 9.84 Å². The molecule has 0 bridgehead atoms. The Morgan fingerprint density at radius 2 is 1.92 bits per heavy atom. The molecule has 132 valence electrons. The van der Waals surface area contributed by atoms with Gasteiger partial charge >= 0.3 is 0 Å². The average molecular weight is 415 g/mol. The van der Waals surface area contributed by atoms with Crippen molar-refractivity contribution >= 4 is 27.3 Å². The van der Waals surface area contributed by atoms with Crippen LogP contribution in [0.2, 0.25) is 0 Å². The van der Waals surface area contributed by atoms with Crippen LogP contribution in [0, 0.1) is 6.92 Å². The van der Waals surface area contributed by atoms with Crippen molar-refractivity contribution in [3.63, 3.8) is 0 Å². The van der Waals surface area contributed by atoms with E-state index in [1.54, 1.807) is 11.3 Å². The van der Waals surface area contributed by atoms with Crippen molar-refractivity contribution in [1.29, 1.82) is 0 Å². The molecule has 0 radical (unpaired) electrons. The Bertz CT molecular complexity index is 648. The molecule has 0 spiro atoms. The lowest BCUT2D eigenvalue weighted by molar-refractivity contribution is -0.191. The van der Waals surface area contributed by atoms with Crippen LogP contribution >= 0.6 is 27.3 Å². The van der Waals surface area contributed by atoms with E-state index in [1.807, 2.05) is 6.07 Å². The van der Waals surface area contributed by atoms with E-state index in [9.17, 15) is 10.2 Å². The van der Waals surface area contributed by atoms with Gasteiger partial charge in [-0.1, -0.05) is 18.2 Å². The van der Waals surface area contributed by atoms with Gasteiger partial charge in [0.05, 0.1) is 16.0 Å². The van der Waals surface area contributed by atoms with E-state index >= 15 is 0 Å². The average Bonchev–Trinajstić information content (AvgIpc) is 2.95. The molecule has 1 aromatic carbocycles. The lowest BCUT2D eigenvalue weighted by atomic mass is 9.94. The third-order valence-electron chi connectivity index (χ3n) is 4.02. The van der Waals surface area contributed by atoms with Crippen LogP contribution in [0.4, 0.5) is 0 Å². The summed E-state index contributed by atoms with van der Waals surface area (Å²) >= 11 is 5.24. The molecule has 1 aliphatic heterocycles. The van der Waals surface area contributed by atoms with E-state index in [2.05, 4.69) is 47.1 Å². The number of thiophene rings is 1. The molecule has 0 aliphatic carbocycles. The summed E-state index contributed by atoms with van der Waals surface area (Å²) in [6.07, 6.45) is 0.0720. The fraction of sp³-hybridized carbons (Fsp3) is 0.444. The Hall–Kier alpha value is -0.760. The summed E-state index contributed by atoms with van der Waals surface area (Å²) in [7, 11) is 1.00. The Balaban J connectivity index is 0.00000100. The molecular weight excluding hydrogens is 392 g/mol. The summed E-state index contributed by atoms with van der Waals surface area (Å²) in [6.45, 7) is 2.10. The molecule has 2 heterocycles. The molecule has 6 heteroatoms. The summed E-state index contributed by atoms with van der Waals surface area (Å²) in [6, 6.07) is 10.4. The Morgan fingerprint density at radius 1 is 1.17 bits per heavy atom. The second kappa shape index (κ2) is 9.08. The zero-order valence-corrected chi connectivity index (χ0v) is 16.2. The molecule has 3 rings (SSSR count). The Kier molecular flexibility index (Phi) is 7.40. The Morgan fingerprint density at radius 3 is 2.54 bits per heavy atom. The van der Waals surface area contributed by atoms with Gasteiger partial charge in [0, 0.05) is 31.2 Å². The number of aryl methyl sites for hydroxylation is 1. The van der Waals surface area contributed by atoms with Gasteiger partial charge in [0.15, 0.2) is 6.29 Å². The largest absolute Gasteiger partial charge is 0.400 e. The first-order valence-corrected chi connectivity index (χ1v) is 9.42. The maximum Gasteiger partial charge on any atom is 0.157 e. The molecule has 3 atom stereocenters. The van der Waals surface area contributed by atoms with Gasteiger partial charge < -0.3 is 20.1 Å². The maximum absolute atomic E-state index is 9.83. The predicted octanol–water partition coefficient (Wildman–Crippen LogP) is 3.55. The molecule has 1 saturated heterocycles. The third-order valence-corrected chi connectivity index (χ3v) is 5.64. The minimum Gasteiger partial charge on any atom is -0.400 e. The molecule has 0 amide bonds. The van der Waals surface area contributed by atoms with E-state index in [1.165, 1.54) is 16.0 Å². The smallest absolute Gasteiger partial charge is 0.157 e. The van der Waals surface area contributed by atoms with Crippen LogP contribution in [0.25, 0.3) is 0 Å². The van der Waals surface area contributed by atoms with Crippen LogP contribution in [-0.4, -0.2) is 34.8 Å². The number of aliphatic hydroxyl groups excluding tert-OH is 3. The number of halogens is 1. The van der Waals surface area contributed by atoms with Crippen LogP contribution in [-0.2, 0) is 11.2 Å². The van der Waals surface area contributed by atoms with Crippen LogP contribution in [0.3, 0.4) is 0 Å². The summed E-state index contributed by atoms with van der Waals surface area (Å²) < 4.78 is 6.72. The second-order valence-electron chi connectivity index (χ2n) is 5.77. The van der Waals surface area contributed by atoms with E-state index in [0.717, 1.165) is 22.9 Å². The fourth-order valence-corrected chi connectivity index (χ4v) is 4.31. The van der Waals surface area contributed by atoms with Crippen LogP contribution in [0.15, 0.2) is 34.1 Å². The van der Waals surface area contributed by atoms with Crippen LogP contribution < -0.4 is 0 Å². The van der Waals surface area contributed by atoms with Crippen molar-refractivity contribution in [3.05, 3.63) is 55.7 Å². The molecule has 1 aromatic heterocycles. The van der Waals surface area contributed by atoms with Crippen molar-refractivity contribution in [2.24, 2.45) is 0 Å². The van der Waals surface area contributed by atoms with Gasteiger partial charge in [-0.15, -0.1) is 11.3 Å². The SMILES string of the molecule is CO.Cc1ccc(C2CC(O)CC(O)O2)cc1Cc1ccc(Br)s1. The van der Waals surface area contributed by atoms with Crippen molar-refractivity contribution < 1.29 is 20.1 Å². The van der Waals surface area contributed by atoms with Gasteiger partial charge in [-0.2, -0.15) is 0 Å². The summed E-state index contributed by atoms with van der Waals surface area (Å²) in [5.41, 5.74) is 3.52. The highest BCUT2D eigenvalue weighted by Gasteiger charge is 2.28. The monoisotopic (exact) mass is 414 g/mol. The maximum atomic E-state index is 9.83. The highest BCUT2D eigenvalue weighted by Crippen LogP contribution is 2.33. The van der Waals surface area contributed by atoms with Crippen molar-refractivity contribution in [2.45, 2.75) is 44.7 Å². The number of ether oxygens (including phenoxy) is 1. The quantitative estimate of drug-likeness (QED) is 0.717. The zero-order chi connectivity index (χ0) is 17.7. The lowest BCUT2D eigenvalue weighted by Crippen LogP contribution is -2.31. The Labute approximate surface area is 154 Å². The van der Waals surface area contributed by atoms with E-state index in [0.29, 0.717) is 12.8 Å². The fourth-order valence-electron chi connectivity index (χ4n) is 2.81. The predicted molar refractivity (Wildman–Crippen MR) is 99.2 cm³/mol. The summed E-state index contributed by atoms with van der Waals surface area (Å²) in [4.78, 5) is 1.30. The van der Waals surface area contributed by atoms with Gasteiger partial charge in [-0.25, -0.2) is 0 Å². The number of aliphatic hydroxyl groups is 3. The molecular formula is C18H23BrO4S. The number of rotatable bonds is 3. The standard InChI is InChI=1S/C17H19BrO3S.CH4O/c1-10-2-3-11(15-8-13(19)9-17(20)21-15)6-12(10)7-14-4-5-16(18)22-14;1-2/h2-6,13,15,17,19-20H,7-9H2,1H3;2H,1H3. The molecule has 1 aliphatic rings. The third kappa shape index (κ3) is 5.12. The molecule has 3 N–H and O–H groups in total. The zero-order valence-electron chi connectivity index (χ0n) is 13.8. The van der Waals surface area contributed by atoms with E-state index < -0.39 is 12.4 Å². The first kappa shape index (κ1) is 19.6. The number of hydrogen-bond donors (Lipinski definition) is 3. The lowest BCUT2D eigenvalue weighted by Gasteiger charge is -2.30. The van der Waals surface area contributed by atoms with Crippen molar-refractivity contribution in [1.82, 2.24) is 0 Å². The molecule has 2 aromatic rings. The van der Waals surface area contributed by atoms with Gasteiger partial charge in [0.1, 0.15) is 0 Å². The van der Waals surface area contributed by atoms with Gasteiger partial charge in [0.25, 0.3) is 0 Å². The normalized spacial score (nSPS) is 23.5. The van der Waals surface area contributed by atoms with Gasteiger partial charge in [-0.05, 0) is 51.7 Å². The summed E-state index contributed by atoms with van der Waals surface area (Å²) in [5.74, 6) is 0. The van der Waals surface area contributed by atoms with Crippen LogP contribution in [0.5, 0.6) is 0 Å². The molecule has 3 unspecified atom stereocenters. The van der Waals surface area contributed by atoms with Crippen molar-refractivity contribution in [3.8, 4) is 0 Å². The molecule has 0 saturated carbocycles. The second-order valence-corrected chi connectivity index (χ2v) is 8.32. The topological polar surface area (TPSA) is 69.9 Å². The molecule has 1 fully saturated rings. The van der Waals surface area contributed by atoms with Crippen LogP contribution in [0.1, 0.15) is 40.5 Å². The van der Waals surface area contributed by atoms with Gasteiger partial charge in [0.2, 0.25) is 0 Å². The first-order chi connectivity index (χ1) is 11.5. The minimum absolute atomic E-state index is 0.242. The first-order valence-electron chi connectivity index (χ1n) is 7.81. The van der Waals surface area contributed by atoms with Crippen molar-refractivity contribution in [2.75, 3.05) is 7.11 Å². The highest BCUT2D eigenvalue weighted by molar-refractivity contribution is 9.11. The van der Waals surface area contributed by atoms with Gasteiger partial charge in [-0.3, -0.25) is 0 Å². The summed E-state index contributed by atoms with van der Waals surface area (Å²) in [5, 5.41) is 26.5. The number of hydrogen-bond acceptors (Lipinski definition) is 5. The molecule has 4 nitrogen and oxygen atoms in total. The molecule has 24 heavy (non-hydrogen) atoms. The number of benzene rings is 1. The minimum atomic E-state index is -0.883. The highest BCUT2D eigenvalue weighted by atomic mass is 79.9.